The maximum Gasteiger partial charge on any atom is 0.270 e. The predicted octanol–water partition coefficient (Wildman–Crippen LogP) is 4.02. The molecule has 0 bridgehead atoms. The Hall–Kier alpha value is -1.69. The molecule has 2 aliphatic rings. The summed E-state index contributed by atoms with van der Waals surface area (Å²) >= 11 is 6.04. The molecule has 2 saturated heterocycles. The molecule has 2 heterocycles. The van der Waals surface area contributed by atoms with Crippen LogP contribution in [-0.4, -0.2) is 57.2 Å². The highest BCUT2D eigenvalue weighted by atomic mass is 79.9. The summed E-state index contributed by atoms with van der Waals surface area (Å²) in [5.74, 6) is 0. The van der Waals surface area contributed by atoms with Crippen molar-refractivity contribution < 1.29 is 26.7 Å². The fraction of sp³-hybridized carbons (Fsp3) is 0.333. The van der Waals surface area contributed by atoms with Crippen molar-refractivity contribution in [1.82, 2.24) is 9.62 Å². The van der Waals surface area contributed by atoms with Crippen molar-refractivity contribution in [3.8, 4) is 0 Å². The van der Waals surface area contributed by atoms with Gasteiger partial charge in [-0.2, -0.15) is 4.31 Å². The minimum Gasteiger partial charge on any atom is -0.317 e. The number of hydrogen-bond donors (Lipinski definition) is 1. The number of halogens is 3. The molecule has 0 aromatic heterocycles. The second kappa shape index (κ2) is 12.5. The van der Waals surface area contributed by atoms with Crippen LogP contribution in [0.25, 0.3) is 0 Å². The topological polar surface area (TPSA) is 170 Å². The van der Waals surface area contributed by atoms with Gasteiger partial charge in [0.1, 0.15) is 9.79 Å². The lowest BCUT2D eigenvalue weighted by Gasteiger charge is -2.29. The number of benzene rings is 2. The molecule has 0 atom stereocenters. The van der Waals surface area contributed by atoms with Gasteiger partial charge >= 0.3 is 0 Å². The molecule has 2 fully saturated rings. The number of nitro groups is 2. The van der Waals surface area contributed by atoms with Gasteiger partial charge in [0, 0.05) is 57.0 Å². The van der Waals surface area contributed by atoms with Gasteiger partial charge in [0.25, 0.3) is 20.4 Å². The lowest BCUT2D eigenvalue weighted by molar-refractivity contribution is -0.385. The van der Waals surface area contributed by atoms with Crippen molar-refractivity contribution in [2.75, 3.05) is 26.2 Å². The molecule has 35 heavy (non-hydrogen) atoms. The van der Waals surface area contributed by atoms with Crippen molar-refractivity contribution in [3.63, 3.8) is 0 Å². The van der Waals surface area contributed by atoms with Crippen molar-refractivity contribution in [2.24, 2.45) is 0 Å². The van der Waals surface area contributed by atoms with E-state index < -0.39 is 28.9 Å². The summed E-state index contributed by atoms with van der Waals surface area (Å²) in [4.78, 5) is 19.3. The Labute approximate surface area is 222 Å². The molecule has 0 radical (unpaired) electrons. The summed E-state index contributed by atoms with van der Waals surface area (Å²) in [7, 11) is -2.52. The summed E-state index contributed by atoms with van der Waals surface area (Å²) in [5.41, 5.74) is -0.556. The zero-order valence-corrected chi connectivity index (χ0v) is 23.3. The van der Waals surface area contributed by atoms with Crippen LogP contribution in [0.1, 0.15) is 12.8 Å². The van der Waals surface area contributed by atoms with Crippen LogP contribution in [0.15, 0.2) is 55.1 Å². The smallest absolute Gasteiger partial charge is 0.270 e. The van der Waals surface area contributed by atoms with Crippen molar-refractivity contribution in [1.29, 1.82) is 0 Å². The summed E-state index contributed by atoms with van der Waals surface area (Å²) in [5, 5.41) is 24.1. The van der Waals surface area contributed by atoms with Gasteiger partial charge in [-0.25, -0.2) is 16.8 Å². The monoisotopic (exact) mass is 676 g/mol. The normalized spacial score (nSPS) is 15.3. The molecule has 0 aliphatic carbocycles. The van der Waals surface area contributed by atoms with Crippen LogP contribution >= 0.6 is 42.5 Å². The molecule has 0 unspecified atom stereocenters. The third kappa shape index (κ3) is 8.16. The molecule has 192 valence electrons. The highest BCUT2D eigenvalue weighted by Crippen LogP contribution is 2.31. The molecule has 2 aliphatic heterocycles. The van der Waals surface area contributed by atoms with Gasteiger partial charge in [-0.05, 0) is 69.9 Å². The van der Waals surface area contributed by atoms with E-state index in [9.17, 15) is 37.1 Å². The zero-order chi connectivity index (χ0) is 26.4. The molecule has 2 aromatic carbocycles. The first-order chi connectivity index (χ1) is 16.2. The van der Waals surface area contributed by atoms with E-state index in [0.717, 1.165) is 18.6 Å². The fourth-order valence-electron chi connectivity index (χ4n) is 2.44. The molecule has 0 amide bonds. The Morgan fingerprint density at radius 1 is 0.829 bits per heavy atom. The quantitative estimate of drug-likeness (QED) is 0.279. The first kappa shape index (κ1) is 29.5. The van der Waals surface area contributed by atoms with Crippen LogP contribution in [0.3, 0.4) is 0 Å². The Balaban J connectivity index is 0.000000215. The standard InChI is InChI=1S/C9H9BrN2O4S.C6H3BrClNO4S.C3H7N/c10-8-3-2-7(12(13)14)6-9(8)17(15,16)11-4-1-5-11;7-5-2-1-4(9(10)11)3-6(5)14(8,12)13;1-2-4-3-1/h2-3,6H,1,4-5H2;1-3H;4H,1-3H2. The third-order valence-electron chi connectivity index (χ3n) is 4.65. The van der Waals surface area contributed by atoms with Crippen LogP contribution in [0.2, 0.25) is 0 Å². The molecule has 1 N–H and O–H groups in total. The first-order valence-corrected chi connectivity index (χ1v) is 15.1. The van der Waals surface area contributed by atoms with Crippen molar-refractivity contribution >= 4 is 73.0 Å². The highest BCUT2D eigenvalue weighted by Gasteiger charge is 2.32. The fourth-order valence-corrected chi connectivity index (χ4v) is 7.01. The van der Waals surface area contributed by atoms with Crippen LogP contribution in [0.5, 0.6) is 0 Å². The van der Waals surface area contributed by atoms with Crippen LogP contribution in [0, 0.1) is 20.2 Å². The molecule has 12 nitrogen and oxygen atoms in total. The highest BCUT2D eigenvalue weighted by molar-refractivity contribution is 9.10. The van der Waals surface area contributed by atoms with Gasteiger partial charge in [-0.3, -0.25) is 20.2 Å². The maximum absolute atomic E-state index is 12.1. The van der Waals surface area contributed by atoms with Crippen LogP contribution in [0.4, 0.5) is 11.4 Å². The van der Waals surface area contributed by atoms with E-state index in [1.165, 1.54) is 48.1 Å². The van der Waals surface area contributed by atoms with Gasteiger partial charge in [-0.1, -0.05) is 0 Å². The van der Waals surface area contributed by atoms with Crippen molar-refractivity contribution in [2.45, 2.75) is 22.6 Å². The average Bonchev–Trinajstić information content (AvgIpc) is 2.64. The first-order valence-electron chi connectivity index (χ1n) is 9.78. The van der Waals surface area contributed by atoms with Crippen molar-refractivity contribution in [3.05, 3.63) is 65.6 Å². The number of hydrogen-bond acceptors (Lipinski definition) is 9. The average molecular weight is 679 g/mol. The van der Waals surface area contributed by atoms with Gasteiger partial charge < -0.3 is 5.32 Å². The maximum atomic E-state index is 12.1. The molecular formula is C18H19Br2ClN4O8S2. The summed E-state index contributed by atoms with van der Waals surface area (Å²) < 4.78 is 47.9. The Bertz CT molecular complexity index is 1310. The van der Waals surface area contributed by atoms with Gasteiger partial charge in [-0.15, -0.1) is 0 Å². The number of nitrogens with one attached hydrogen (secondary N) is 1. The number of nitrogens with zero attached hydrogens (tertiary/aromatic N) is 3. The SMILES string of the molecule is C1CNC1.O=[N+]([O-])c1ccc(Br)c(S(=O)(=O)Cl)c1.O=[N+]([O-])c1ccc(Br)c(S(=O)(=O)N2CCC2)c1. The number of rotatable bonds is 5. The second-order valence-corrected chi connectivity index (χ2v) is 13.2. The van der Waals surface area contributed by atoms with E-state index in [-0.39, 0.29) is 25.6 Å². The van der Waals surface area contributed by atoms with E-state index in [0.29, 0.717) is 17.6 Å². The Kier molecular flexibility index (Phi) is 10.6. The van der Waals surface area contributed by atoms with Crippen LogP contribution in [-0.2, 0) is 19.1 Å². The predicted molar refractivity (Wildman–Crippen MR) is 135 cm³/mol. The third-order valence-corrected chi connectivity index (χ3v) is 9.86. The lowest BCUT2D eigenvalue weighted by Crippen LogP contribution is -2.42. The molecule has 2 aromatic rings. The molecule has 17 heteroatoms. The number of sulfonamides is 1. The second-order valence-electron chi connectivity index (χ2n) is 7.04. The van der Waals surface area contributed by atoms with E-state index in [1.807, 2.05) is 0 Å². The molecule has 0 saturated carbocycles. The minimum absolute atomic E-state index is 0.0496. The number of nitro benzene ring substituents is 2. The van der Waals surface area contributed by atoms with E-state index in [4.69, 9.17) is 10.7 Å². The van der Waals surface area contributed by atoms with Gasteiger partial charge in [0.05, 0.1) is 9.85 Å². The van der Waals surface area contributed by atoms with Gasteiger partial charge in [0.15, 0.2) is 0 Å². The van der Waals surface area contributed by atoms with E-state index in [2.05, 4.69) is 37.2 Å². The Morgan fingerprint density at radius 2 is 1.23 bits per heavy atom. The zero-order valence-electron chi connectivity index (χ0n) is 17.8. The Morgan fingerprint density at radius 3 is 1.54 bits per heavy atom. The van der Waals surface area contributed by atoms with Crippen LogP contribution < -0.4 is 5.32 Å². The molecule has 0 spiro atoms. The number of non-ortho nitro benzene ring substituents is 2. The lowest BCUT2D eigenvalue weighted by atomic mass is 10.3. The summed E-state index contributed by atoms with van der Waals surface area (Å²) in [6.45, 7) is 3.44. The minimum atomic E-state index is -3.97. The summed E-state index contributed by atoms with van der Waals surface area (Å²) in [6.07, 6.45) is 2.21. The molecular weight excluding hydrogens is 660 g/mol. The van der Waals surface area contributed by atoms with E-state index in [1.54, 1.807) is 0 Å². The van der Waals surface area contributed by atoms with Gasteiger partial charge in [0.2, 0.25) is 10.0 Å². The molecule has 4 rings (SSSR count). The summed E-state index contributed by atoms with van der Waals surface area (Å²) in [6, 6.07) is 7.05. The largest absolute Gasteiger partial charge is 0.317 e. The van der Waals surface area contributed by atoms with E-state index >= 15 is 0 Å².